The molecule has 7 N–H and O–H groups in total. The third-order valence-electron chi connectivity index (χ3n) is 6.03. The van der Waals surface area contributed by atoms with Crippen LogP contribution in [0.1, 0.15) is 49.2 Å². The molecule has 14 nitrogen and oxygen atoms in total. The van der Waals surface area contributed by atoms with Crippen molar-refractivity contribution in [2.24, 2.45) is 0 Å². The second-order valence-corrected chi connectivity index (χ2v) is 11.3. The number of nitrogens with one attached hydrogen (secondary N) is 4. The minimum absolute atomic E-state index is 0.0856. The molecule has 2 aromatic rings. The van der Waals surface area contributed by atoms with Crippen molar-refractivity contribution in [1.29, 1.82) is 0 Å². The quantitative estimate of drug-likeness (QED) is 0.123. The molecular weight excluding hydrogens is 588 g/mol. The maximum atomic E-state index is 13.6. The molecule has 2 aromatic carbocycles. The number of carbonyl (C=O) groups is 5. The summed E-state index contributed by atoms with van der Waals surface area (Å²) in [6.07, 6.45) is -1.48. The molecule has 0 saturated heterocycles. The first-order valence-electron chi connectivity index (χ1n) is 14.4. The zero-order valence-corrected chi connectivity index (χ0v) is 25.8. The lowest BCUT2D eigenvalue weighted by atomic mass is 10.0. The Kier molecular flexibility index (Phi) is 14.2. The highest BCUT2D eigenvalue weighted by atomic mass is 16.6. The third-order valence-corrected chi connectivity index (χ3v) is 6.03. The van der Waals surface area contributed by atoms with E-state index < -0.39 is 60.2 Å². The van der Waals surface area contributed by atoms with Gasteiger partial charge in [0.1, 0.15) is 29.0 Å². The molecule has 0 spiro atoms. The summed E-state index contributed by atoms with van der Waals surface area (Å²) < 4.78 is 10.4. The van der Waals surface area contributed by atoms with Crippen LogP contribution in [0.3, 0.4) is 0 Å². The van der Waals surface area contributed by atoms with E-state index in [1.54, 1.807) is 58.0 Å². The van der Waals surface area contributed by atoms with Gasteiger partial charge in [0.25, 0.3) is 0 Å². The van der Waals surface area contributed by atoms with E-state index in [1.807, 2.05) is 0 Å². The van der Waals surface area contributed by atoms with E-state index in [0.717, 1.165) is 5.56 Å². The first-order chi connectivity index (χ1) is 21.1. The van der Waals surface area contributed by atoms with Crippen LogP contribution >= 0.6 is 0 Å². The lowest BCUT2D eigenvalue weighted by Gasteiger charge is -2.25. The van der Waals surface area contributed by atoms with Crippen molar-refractivity contribution in [1.82, 2.24) is 21.3 Å². The molecule has 0 fully saturated rings. The lowest BCUT2D eigenvalue weighted by Crippen LogP contribution is -2.56. The first-order valence-corrected chi connectivity index (χ1v) is 14.4. The number of aromatic carboxylic acids is 1. The number of aliphatic carboxylic acids is 1. The van der Waals surface area contributed by atoms with E-state index in [-0.39, 0.29) is 30.7 Å². The van der Waals surface area contributed by atoms with Gasteiger partial charge in [-0.25, -0.2) is 14.4 Å². The van der Waals surface area contributed by atoms with E-state index in [4.69, 9.17) is 14.6 Å². The van der Waals surface area contributed by atoms with E-state index in [1.165, 1.54) is 18.2 Å². The largest absolute Gasteiger partial charge is 0.481 e. The van der Waals surface area contributed by atoms with Crippen molar-refractivity contribution in [3.05, 3.63) is 65.2 Å². The Bertz CT molecular complexity index is 1310. The summed E-state index contributed by atoms with van der Waals surface area (Å²) >= 11 is 0. The van der Waals surface area contributed by atoms with E-state index in [0.29, 0.717) is 18.7 Å². The number of aliphatic hydroxyl groups is 1. The van der Waals surface area contributed by atoms with Gasteiger partial charge in [-0.05, 0) is 51.0 Å². The van der Waals surface area contributed by atoms with Crippen LogP contribution in [0, 0.1) is 0 Å². The fourth-order valence-electron chi connectivity index (χ4n) is 4.07. The van der Waals surface area contributed by atoms with Crippen LogP contribution in [0.15, 0.2) is 48.5 Å². The number of rotatable bonds is 17. The molecule has 246 valence electrons. The summed E-state index contributed by atoms with van der Waals surface area (Å²) in [5.41, 5.74) is -0.0795. The van der Waals surface area contributed by atoms with Crippen molar-refractivity contribution in [3.63, 3.8) is 0 Å². The van der Waals surface area contributed by atoms with Gasteiger partial charge in [-0.3, -0.25) is 9.59 Å². The van der Waals surface area contributed by atoms with Crippen LogP contribution in [-0.2, 0) is 32.0 Å². The number of hydrogen-bond acceptors (Lipinski definition) is 9. The molecule has 14 heteroatoms. The second-order valence-electron chi connectivity index (χ2n) is 11.3. The molecule has 3 amide bonds. The van der Waals surface area contributed by atoms with Crippen molar-refractivity contribution in [3.8, 4) is 5.75 Å². The Morgan fingerprint density at radius 2 is 1.49 bits per heavy atom. The number of carboxylic acids is 2. The molecule has 0 aliphatic carbocycles. The molecule has 0 aliphatic heterocycles. The molecular formula is C31H42N4O10. The standard InChI is InChI=1S/C31H42N4O10/c1-19(36)17-32-12-13-33-27(39)23(16-21-10-11-25(44-18-26(37)38)22(14-21)29(41)42)34-28(40)24(15-20-8-6-5-7-9-20)35-30(43)45-31(2,3)4/h5-11,14,19,23-24,32,36H,12-13,15-18H2,1-4H3,(H,33,39)(H,34,40)(H,35,43)(H,37,38)(H,41,42)/t19?,23-,24-/m0/s1. The number of carbonyl (C=O) groups excluding carboxylic acids is 3. The van der Waals surface area contributed by atoms with Crippen LogP contribution in [0.5, 0.6) is 5.75 Å². The first kappa shape index (κ1) is 36.5. The Hall–Kier alpha value is -4.69. The van der Waals surface area contributed by atoms with Crippen molar-refractivity contribution >= 4 is 29.8 Å². The van der Waals surface area contributed by atoms with Gasteiger partial charge in [0, 0.05) is 32.5 Å². The van der Waals surface area contributed by atoms with Crippen LogP contribution in [-0.4, -0.2) is 95.2 Å². The fourth-order valence-corrected chi connectivity index (χ4v) is 4.07. The fraction of sp³-hybridized carbons (Fsp3) is 0.452. The summed E-state index contributed by atoms with van der Waals surface area (Å²) in [5.74, 6) is -4.11. The van der Waals surface area contributed by atoms with Gasteiger partial charge in [-0.2, -0.15) is 0 Å². The minimum atomic E-state index is -1.38. The third kappa shape index (κ3) is 14.1. The van der Waals surface area contributed by atoms with Crippen molar-refractivity contribution < 1.29 is 48.8 Å². The number of carboxylic acid groups (broad SMARTS) is 2. The Labute approximate surface area is 261 Å². The van der Waals surface area contributed by atoms with Gasteiger partial charge in [-0.1, -0.05) is 36.4 Å². The summed E-state index contributed by atoms with van der Waals surface area (Å²) in [5, 5.41) is 38.9. The summed E-state index contributed by atoms with van der Waals surface area (Å²) in [6.45, 7) is 6.68. The molecule has 0 saturated carbocycles. The van der Waals surface area contributed by atoms with Gasteiger partial charge in [0.2, 0.25) is 11.8 Å². The molecule has 1 unspecified atom stereocenters. The highest BCUT2D eigenvalue weighted by molar-refractivity contribution is 5.93. The summed E-state index contributed by atoms with van der Waals surface area (Å²) in [6, 6.07) is 10.6. The number of aliphatic hydroxyl groups excluding tert-OH is 1. The van der Waals surface area contributed by atoms with Crippen LogP contribution in [0.25, 0.3) is 0 Å². The number of hydrogen-bond donors (Lipinski definition) is 7. The van der Waals surface area contributed by atoms with Crippen LogP contribution < -0.4 is 26.0 Å². The van der Waals surface area contributed by atoms with Crippen LogP contribution in [0.4, 0.5) is 4.79 Å². The molecule has 45 heavy (non-hydrogen) atoms. The van der Waals surface area contributed by atoms with Crippen molar-refractivity contribution in [2.75, 3.05) is 26.2 Å². The van der Waals surface area contributed by atoms with Gasteiger partial charge < -0.3 is 46.1 Å². The topological polar surface area (TPSA) is 213 Å². The average molecular weight is 631 g/mol. The molecule has 0 bridgehead atoms. The summed E-state index contributed by atoms with van der Waals surface area (Å²) in [7, 11) is 0. The highest BCUT2D eigenvalue weighted by Gasteiger charge is 2.29. The molecule has 3 atom stereocenters. The van der Waals surface area contributed by atoms with Gasteiger partial charge in [0.15, 0.2) is 6.61 Å². The zero-order valence-electron chi connectivity index (χ0n) is 25.8. The normalized spacial score (nSPS) is 13.1. The molecule has 0 aromatic heterocycles. The Balaban J connectivity index is 2.33. The van der Waals surface area contributed by atoms with Gasteiger partial charge >= 0.3 is 18.0 Å². The predicted molar refractivity (Wildman–Crippen MR) is 163 cm³/mol. The monoisotopic (exact) mass is 630 g/mol. The maximum absolute atomic E-state index is 13.6. The highest BCUT2D eigenvalue weighted by Crippen LogP contribution is 2.21. The number of ether oxygens (including phenoxy) is 2. The SMILES string of the molecule is CC(O)CNCCNC(=O)[C@H](Cc1ccc(OCC(=O)O)c(C(=O)O)c1)NC(=O)[C@H](Cc1ccccc1)NC(=O)OC(C)(C)C. The molecule has 0 heterocycles. The maximum Gasteiger partial charge on any atom is 0.408 e. The van der Waals surface area contributed by atoms with Crippen molar-refractivity contribution in [2.45, 2.75) is 64.3 Å². The molecule has 2 rings (SSSR count). The zero-order chi connectivity index (χ0) is 33.6. The van der Waals surface area contributed by atoms with Gasteiger partial charge in [0.05, 0.1) is 6.10 Å². The molecule has 0 aliphatic rings. The smallest absolute Gasteiger partial charge is 0.408 e. The van der Waals surface area contributed by atoms with Crippen LogP contribution in [0.2, 0.25) is 0 Å². The molecule has 0 radical (unpaired) electrons. The number of alkyl carbamates (subject to hydrolysis) is 1. The minimum Gasteiger partial charge on any atom is -0.481 e. The summed E-state index contributed by atoms with van der Waals surface area (Å²) in [4.78, 5) is 62.3. The number of amides is 3. The van der Waals surface area contributed by atoms with E-state index >= 15 is 0 Å². The second kappa shape index (κ2) is 17.6. The van der Waals surface area contributed by atoms with E-state index in [9.17, 15) is 34.2 Å². The number of benzene rings is 2. The Morgan fingerprint density at radius 1 is 0.844 bits per heavy atom. The van der Waals surface area contributed by atoms with E-state index in [2.05, 4.69) is 21.3 Å². The average Bonchev–Trinajstić information content (AvgIpc) is 2.94. The lowest BCUT2D eigenvalue weighted by molar-refractivity contribution is -0.139. The Morgan fingerprint density at radius 3 is 2.09 bits per heavy atom. The predicted octanol–water partition coefficient (Wildman–Crippen LogP) is 1.10. The van der Waals surface area contributed by atoms with Gasteiger partial charge in [-0.15, -0.1) is 0 Å².